The maximum atomic E-state index is 11.8. The van der Waals surface area contributed by atoms with E-state index in [-0.39, 0.29) is 11.5 Å². The van der Waals surface area contributed by atoms with Crippen molar-refractivity contribution in [3.63, 3.8) is 0 Å². The van der Waals surface area contributed by atoms with Gasteiger partial charge in [-0.15, -0.1) is 0 Å². The molecule has 1 N–H and O–H groups in total. The summed E-state index contributed by atoms with van der Waals surface area (Å²) in [6, 6.07) is 0.571. The molecule has 0 spiro atoms. The summed E-state index contributed by atoms with van der Waals surface area (Å²) in [5.41, 5.74) is -0.306. The molecule has 0 aromatic heterocycles. The van der Waals surface area contributed by atoms with Gasteiger partial charge in [-0.3, -0.25) is 10.1 Å². The van der Waals surface area contributed by atoms with E-state index in [1.807, 2.05) is 0 Å². The molecule has 2 rings (SSSR count). The molecule has 0 aliphatic carbocycles. The Morgan fingerprint density at radius 3 is 2.57 bits per heavy atom. The number of ether oxygens (including phenoxy) is 1. The molecule has 2 aliphatic rings. The van der Waals surface area contributed by atoms with E-state index < -0.39 is 0 Å². The fourth-order valence-corrected chi connectivity index (χ4v) is 2.43. The largest absolute Gasteiger partial charge is 0.464 e. The maximum Gasteiger partial charge on any atom is 0.326 e. The van der Waals surface area contributed by atoms with Crippen molar-refractivity contribution < 1.29 is 9.53 Å². The SMILES string of the molecule is CC(C)COC(=O)C12CCC(CC1)N2. The van der Waals surface area contributed by atoms with E-state index in [9.17, 15) is 4.79 Å². The Kier molecular flexibility index (Phi) is 2.52. The van der Waals surface area contributed by atoms with Crippen molar-refractivity contribution in [2.45, 2.75) is 51.1 Å². The lowest BCUT2D eigenvalue weighted by atomic mass is 9.88. The van der Waals surface area contributed by atoms with Gasteiger partial charge in [0, 0.05) is 6.04 Å². The predicted molar refractivity (Wildman–Crippen MR) is 53.9 cm³/mol. The van der Waals surface area contributed by atoms with Crippen LogP contribution in [-0.4, -0.2) is 24.2 Å². The summed E-state index contributed by atoms with van der Waals surface area (Å²) in [6.45, 7) is 4.67. The summed E-state index contributed by atoms with van der Waals surface area (Å²) in [5, 5.41) is 3.39. The zero-order valence-corrected chi connectivity index (χ0v) is 9.01. The van der Waals surface area contributed by atoms with E-state index in [1.54, 1.807) is 0 Å². The normalized spacial score (nSPS) is 35.2. The van der Waals surface area contributed by atoms with Gasteiger partial charge < -0.3 is 4.74 Å². The fraction of sp³-hybridized carbons (Fsp3) is 0.909. The van der Waals surface area contributed by atoms with Gasteiger partial charge in [-0.25, -0.2) is 0 Å². The van der Waals surface area contributed by atoms with Gasteiger partial charge in [0.15, 0.2) is 0 Å². The topological polar surface area (TPSA) is 38.3 Å². The summed E-state index contributed by atoms with van der Waals surface area (Å²) in [5.74, 6) is 0.403. The minimum Gasteiger partial charge on any atom is -0.464 e. The van der Waals surface area contributed by atoms with Crippen LogP contribution in [0.15, 0.2) is 0 Å². The molecule has 3 nitrogen and oxygen atoms in total. The van der Waals surface area contributed by atoms with Gasteiger partial charge in [-0.05, 0) is 31.6 Å². The molecule has 0 atom stereocenters. The van der Waals surface area contributed by atoms with E-state index >= 15 is 0 Å². The Balaban J connectivity index is 1.91. The van der Waals surface area contributed by atoms with Crippen molar-refractivity contribution in [3.05, 3.63) is 0 Å². The molecule has 2 bridgehead atoms. The molecule has 3 heteroatoms. The van der Waals surface area contributed by atoms with E-state index in [4.69, 9.17) is 4.74 Å². The first-order valence-electron chi connectivity index (χ1n) is 5.57. The van der Waals surface area contributed by atoms with Crippen molar-refractivity contribution in [1.82, 2.24) is 5.32 Å². The first kappa shape index (κ1) is 9.97. The van der Waals surface area contributed by atoms with Crippen molar-refractivity contribution in [2.75, 3.05) is 6.61 Å². The van der Waals surface area contributed by atoms with Gasteiger partial charge >= 0.3 is 5.97 Å². The average molecular weight is 197 g/mol. The second kappa shape index (κ2) is 3.54. The van der Waals surface area contributed by atoms with Gasteiger partial charge in [-0.2, -0.15) is 0 Å². The third kappa shape index (κ3) is 1.65. The second-order valence-corrected chi connectivity index (χ2v) is 4.99. The number of rotatable bonds is 3. The van der Waals surface area contributed by atoms with Crippen LogP contribution in [0.1, 0.15) is 39.5 Å². The molecule has 0 amide bonds. The van der Waals surface area contributed by atoms with Crippen molar-refractivity contribution in [3.8, 4) is 0 Å². The average Bonchev–Trinajstić information content (AvgIpc) is 2.74. The highest BCUT2D eigenvalue weighted by atomic mass is 16.5. The van der Waals surface area contributed by atoms with E-state index in [0.29, 0.717) is 18.6 Å². The maximum absolute atomic E-state index is 11.8. The summed E-state index contributed by atoms with van der Waals surface area (Å²) < 4.78 is 5.31. The van der Waals surface area contributed by atoms with Gasteiger partial charge in [0.25, 0.3) is 0 Å². The molecular formula is C11H19NO2. The third-order valence-corrected chi connectivity index (χ3v) is 3.26. The summed E-state index contributed by atoms with van der Waals surface area (Å²) in [7, 11) is 0. The summed E-state index contributed by atoms with van der Waals surface area (Å²) in [6.07, 6.45) is 4.21. The third-order valence-electron chi connectivity index (χ3n) is 3.26. The van der Waals surface area contributed by atoms with Crippen LogP contribution in [0.4, 0.5) is 0 Å². The number of fused-ring (bicyclic) bond motifs is 2. The number of nitrogens with one attached hydrogen (secondary N) is 1. The van der Waals surface area contributed by atoms with Crippen molar-refractivity contribution in [2.24, 2.45) is 5.92 Å². The first-order chi connectivity index (χ1) is 6.62. The van der Waals surface area contributed by atoms with Gasteiger partial charge in [0.1, 0.15) is 5.54 Å². The number of carbonyl (C=O) groups excluding carboxylic acids is 1. The molecule has 0 saturated carbocycles. The zero-order valence-electron chi connectivity index (χ0n) is 9.01. The van der Waals surface area contributed by atoms with Crippen LogP contribution in [0.25, 0.3) is 0 Å². The lowest BCUT2D eigenvalue weighted by Crippen LogP contribution is -2.46. The monoisotopic (exact) mass is 197 g/mol. The van der Waals surface area contributed by atoms with Crippen LogP contribution in [-0.2, 0) is 9.53 Å². The van der Waals surface area contributed by atoms with Crippen molar-refractivity contribution in [1.29, 1.82) is 0 Å². The molecular weight excluding hydrogens is 178 g/mol. The molecule has 2 aliphatic heterocycles. The Morgan fingerprint density at radius 1 is 1.50 bits per heavy atom. The molecule has 0 aromatic carbocycles. The minimum atomic E-state index is -0.306. The summed E-state index contributed by atoms with van der Waals surface area (Å²) >= 11 is 0. The molecule has 80 valence electrons. The lowest BCUT2D eigenvalue weighted by Gasteiger charge is -2.23. The molecule has 2 heterocycles. The highest BCUT2D eigenvalue weighted by Gasteiger charge is 2.50. The first-order valence-corrected chi connectivity index (χ1v) is 5.57. The summed E-state index contributed by atoms with van der Waals surface area (Å²) in [4.78, 5) is 11.8. The van der Waals surface area contributed by atoms with E-state index in [2.05, 4.69) is 19.2 Å². The van der Waals surface area contributed by atoms with E-state index in [1.165, 1.54) is 0 Å². The Labute approximate surface area is 85.2 Å². The second-order valence-electron chi connectivity index (χ2n) is 4.99. The van der Waals surface area contributed by atoms with Gasteiger partial charge in [-0.1, -0.05) is 13.8 Å². The van der Waals surface area contributed by atoms with Crippen LogP contribution >= 0.6 is 0 Å². The fourth-order valence-electron chi connectivity index (χ4n) is 2.43. The quantitative estimate of drug-likeness (QED) is 0.696. The van der Waals surface area contributed by atoms with Crippen LogP contribution in [0.3, 0.4) is 0 Å². The zero-order chi connectivity index (χ0) is 10.2. The Hall–Kier alpha value is -0.570. The molecule has 0 unspecified atom stereocenters. The lowest BCUT2D eigenvalue weighted by molar-refractivity contribution is -0.151. The highest BCUT2D eigenvalue weighted by Crippen LogP contribution is 2.38. The van der Waals surface area contributed by atoms with E-state index in [0.717, 1.165) is 25.7 Å². The van der Waals surface area contributed by atoms with Crippen LogP contribution in [0, 0.1) is 5.92 Å². The van der Waals surface area contributed by atoms with Crippen LogP contribution in [0.2, 0.25) is 0 Å². The minimum absolute atomic E-state index is 0.0220. The standard InChI is InChI=1S/C11H19NO2/c1-8(2)7-14-10(13)11-5-3-9(12-11)4-6-11/h8-9,12H,3-7H2,1-2H3. The Morgan fingerprint density at radius 2 is 2.14 bits per heavy atom. The number of hydrogen-bond donors (Lipinski definition) is 1. The highest BCUT2D eigenvalue weighted by molar-refractivity contribution is 5.82. The van der Waals surface area contributed by atoms with Gasteiger partial charge in [0.2, 0.25) is 0 Å². The molecule has 0 radical (unpaired) electrons. The molecule has 2 saturated heterocycles. The molecule has 0 aromatic rings. The Bertz CT molecular complexity index is 229. The molecule has 2 fully saturated rings. The smallest absolute Gasteiger partial charge is 0.326 e. The van der Waals surface area contributed by atoms with Crippen molar-refractivity contribution >= 4 is 5.97 Å². The van der Waals surface area contributed by atoms with Crippen LogP contribution in [0.5, 0.6) is 0 Å². The number of esters is 1. The predicted octanol–water partition coefficient (Wildman–Crippen LogP) is 1.47. The van der Waals surface area contributed by atoms with Gasteiger partial charge in [0.05, 0.1) is 6.61 Å². The molecule has 14 heavy (non-hydrogen) atoms. The number of carbonyl (C=O) groups is 1. The van der Waals surface area contributed by atoms with Crippen LogP contribution < -0.4 is 5.32 Å². The number of hydrogen-bond acceptors (Lipinski definition) is 3.